The molecule has 0 aliphatic heterocycles. The van der Waals surface area contributed by atoms with Crippen LogP contribution < -0.4 is 4.73 Å². The number of pyridine rings is 1. The van der Waals surface area contributed by atoms with Gasteiger partial charge in [0.1, 0.15) is 0 Å². The summed E-state index contributed by atoms with van der Waals surface area (Å²) in [5.41, 5.74) is 1.43. The highest BCUT2D eigenvalue weighted by Gasteiger charge is 2.10. The van der Waals surface area contributed by atoms with Gasteiger partial charge in [0.2, 0.25) is 0 Å². The molecule has 92 valence electrons. The second-order valence-corrected chi connectivity index (χ2v) is 3.84. The van der Waals surface area contributed by atoms with Gasteiger partial charge in [-0.2, -0.15) is 9.99 Å². The molecule has 0 atom stereocenters. The van der Waals surface area contributed by atoms with Gasteiger partial charge in [-0.3, -0.25) is 4.79 Å². The van der Waals surface area contributed by atoms with Crippen molar-refractivity contribution in [1.82, 2.24) is 0 Å². The van der Waals surface area contributed by atoms with Gasteiger partial charge in [-0.15, -0.1) is 0 Å². The van der Waals surface area contributed by atoms with E-state index in [0.29, 0.717) is 10.3 Å². The molecule has 0 aliphatic rings. The Bertz CT molecular complexity index is 667. The molecule has 19 heavy (non-hydrogen) atoms. The molecular formula is C15H10N2O2. The third-order valence-corrected chi connectivity index (χ3v) is 2.54. The summed E-state index contributed by atoms with van der Waals surface area (Å²) in [7, 11) is 0. The van der Waals surface area contributed by atoms with Crippen molar-refractivity contribution in [3.05, 3.63) is 76.8 Å². The van der Waals surface area contributed by atoms with Crippen LogP contribution in [0.5, 0.6) is 0 Å². The number of hydrogen-bond acceptors (Lipinski definition) is 3. The number of ketones is 1. The minimum atomic E-state index is -0.361. The minimum Gasteiger partial charge on any atom is -0.618 e. The van der Waals surface area contributed by atoms with E-state index in [9.17, 15) is 10.0 Å². The first kappa shape index (κ1) is 12.5. The summed E-state index contributed by atoms with van der Waals surface area (Å²) in [5, 5.41) is 20.0. The van der Waals surface area contributed by atoms with Crippen molar-refractivity contribution in [3.63, 3.8) is 0 Å². The molecule has 0 unspecified atom stereocenters. The summed E-state index contributed by atoms with van der Waals surface area (Å²) in [6, 6.07) is 13.5. The molecule has 0 aliphatic carbocycles. The van der Waals surface area contributed by atoms with Crippen molar-refractivity contribution < 1.29 is 9.52 Å². The lowest BCUT2D eigenvalue weighted by Gasteiger charge is -1.99. The van der Waals surface area contributed by atoms with Crippen molar-refractivity contribution in [3.8, 4) is 6.07 Å². The number of allylic oxidation sites excluding steroid dienone is 1. The van der Waals surface area contributed by atoms with E-state index >= 15 is 0 Å². The molecule has 0 bridgehead atoms. The molecule has 0 N–H and O–H groups in total. The quantitative estimate of drug-likeness (QED) is 0.362. The molecule has 0 fully saturated rings. The molecule has 4 nitrogen and oxygen atoms in total. The number of benzene rings is 1. The average Bonchev–Trinajstić information content (AvgIpc) is 2.46. The summed E-state index contributed by atoms with van der Waals surface area (Å²) in [6.45, 7) is 0. The fourth-order valence-electron chi connectivity index (χ4n) is 1.55. The predicted octanol–water partition coefficient (Wildman–Crippen LogP) is 2.09. The molecule has 2 aromatic rings. The Morgan fingerprint density at radius 1 is 1.21 bits per heavy atom. The first-order valence-electron chi connectivity index (χ1n) is 5.61. The van der Waals surface area contributed by atoms with E-state index in [1.54, 1.807) is 42.5 Å². The van der Waals surface area contributed by atoms with Crippen LogP contribution in [0.1, 0.15) is 21.6 Å². The molecule has 0 saturated heterocycles. The Hall–Kier alpha value is -2.93. The summed E-state index contributed by atoms with van der Waals surface area (Å²) >= 11 is 0. The summed E-state index contributed by atoms with van der Waals surface area (Å²) in [6.07, 6.45) is 4.23. The van der Waals surface area contributed by atoms with Crippen LogP contribution in [0, 0.1) is 16.5 Å². The van der Waals surface area contributed by atoms with Gasteiger partial charge in [0, 0.05) is 12.1 Å². The number of nitriles is 1. The van der Waals surface area contributed by atoms with Crippen LogP contribution in [0.2, 0.25) is 0 Å². The maximum atomic E-state index is 11.8. The Kier molecular flexibility index (Phi) is 3.70. The third-order valence-electron chi connectivity index (χ3n) is 2.54. The first-order valence-corrected chi connectivity index (χ1v) is 5.61. The number of carbonyl (C=O) groups is 1. The molecule has 1 aromatic heterocycles. The van der Waals surface area contributed by atoms with E-state index in [0.717, 1.165) is 5.56 Å². The normalized spacial score (nSPS) is 10.3. The van der Waals surface area contributed by atoms with Crippen molar-refractivity contribution in [1.29, 1.82) is 5.26 Å². The first-order chi connectivity index (χ1) is 9.20. The number of rotatable bonds is 3. The van der Waals surface area contributed by atoms with Crippen LogP contribution in [-0.2, 0) is 0 Å². The number of aromatic nitrogens is 1. The Morgan fingerprint density at radius 2 is 1.95 bits per heavy atom. The Balaban J connectivity index is 2.16. The monoisotopic (exact) mass is 250 g/mol. The number of nitrogens with zero attached hydrogens (tertiary/aromatic N) is 2. The average molecular weight is 250 g/mol. The highest BCUT2D eigenvalue weighted by Crippen LogP contribution is 2.06. The zero-order chi connectivity index (χ0) is 13.7. The topological polar surface area (TPSA) is 67.8 Å². The summed E-state index contributed by atoms with van der Waals surface area (Å²) in [5.74, 6) is -0.361. The second kappa shape index (κ2) is 5.61. The van der Waals surface area contributed by atoms with E-state index in [1.807, 2.05) is 6.07 Å². The number of carbonyl (C=O) groups excluding carboxylic acids is 1. The van der Waals surface area contributed by atoms with Crippen LogP contribution in [0.25, 0.3) is 6.08 Å². The predicted molar refractivity (Wildman–Crippen MR) is 69.9 cm³/mol. The third kappa shape index (κ3) is 3.05. The fourth-order valence-corrected chi connectivity index (χ4v) is 1.55. The van der Waals surface area contributed by atoms with Crippen molar-refractivity contribution in [2.75, 3.05) is 0 Å². The summed E-state index contributed by atoms with van der Waals surface area (Å²) < 4.78 is 0.533. The van der Waals surface area contributed by atoms with Gasteiger partial charge in [-0.25, -0.2) is 0 Å². The molecule has 0 amide bonds. The van der Waals surface area contributed by atoms with Crippen LogP contribution in [0.3, 0.4) is 0 Å². The lowest BCUT2D eigenvalue weighted by atomic mass is 10.1. The van der Waals surface area contributed by atoms with Crippen molar-refractivity contribution in [2.24, 2.45) is 0 Å². The van der Waals surface area contributed by atoms with E-state index in [1.165, 1.54) is 18.3 Å². The smallest absolute Gasteiger partial charge is 0.264 e. The molecule has 1 aromatic carbocycles. The maximum Gasteiger partial charge on any atom is 0.264 e. The Morgan fingerprint density at radius 3 is 2.58 bits per heavy atom. The minimum absolute atomic E-state index is 0.0763. The van der Waals surface area contributed by atoms with Crippen LogP contribution in [-0.4, -0.2) is 5.78 Å². The number of hydrogen-bond donors (Lipinski definition) is 0. The van der Waals surface area contributed by atoms with Crippen LogP contribution in [0.4, 0.5) is 0 Å². The van der Waals surface area contributed by atoms with Crippen LogP contribution >= 0.6 is 0 Å². The van der Waals surface area contributed by atoms with Gasteiger partial charge in [0.05, 0.1) is 11.6 Å². The fraction of sp³-hybridized carbons (Fsp3) is 0. The highest BCUT2D eigenvalue weighted by atomic mass is 16.5. The van der Waals surface area contributed by atoms with Gasteiger partial charge in [0.15, 0.2) is 6.20 Å². The molecular weight excluding hydrogens is 240 g/mol. The van der Waals surface area contributed by atoms with E-state index in [-0.39, 0.29) is 11.5 Å². The highest BCUT2D eigenvalue weighted by molar-refractivity contribution is 6.04. The molecule has 2 rings (SSSR count). The van der Waals surface area contributed by atoms with Gasteiger partial charge in [-0.05, 0) is 29.8 Å². The van der Waals surface area contributed by atoms with Crippen molar-refractivity contribution >= 4 is 11.9 Å². The van der Waals surface area contributed by atoms with E-state index < -0.39 is 0 Å². The van der Waals surface area contributed by atoms with Crippen molar-refractivity contribution in [2.45, 2.75) is 0 Å². The largest absolute Gasteiger partial charge is 0.618 e. The van der Waals surface area contributed by atoms with Gasteiger partial charge >= 0.3 is 0 Å². The maximum absolute atomic E-state index is 11.8. The zero-order valence-electron chi connectivity index (χ0n) is 9.98. The molecule has 4 heteroatoms. The van der Waals surface area contributed by atoms with E-state index in [2.05, 4.69) is 0 Å². The lowest BCUT2D eigenvalue weighted by Crippen LogP contribution is -2.33. The molecule has 0 saturated carbocycles. The SMILES string of the molecule is N#Cc1ccc(/C=C\C(=O)c2cccc[n+]2[O-])cc1. The Labute approximate surface area is 110 Å². The standard InChI is InChI=1S/C15H10N2O2/c16-11-13-6-4-12(5-7-13)8-9-15(18)14-3-1-2-10-17(14)19/h1-10H/b9-8-. The van der Waals surface area contributed by atoms with E-state index in [4.69, 9.17) is 5.26 Å². The second-order valence-electron chi connectivity index (χ2n) is 3.84. The lowest BCUT2D eigenvalue weighted by molar-refractivity contribution is -0.607. The van der Waals surface area contributed by atoms with Gasteiger partial charge in [-0.1, -0.05) is 18.2 Å². The van der Waals surface area contributed by atoms with Gasteiger partial charge in [0.25, 0.3) is 11.5 Å². The summed E-state index contributed by atoms with van der Waals surface area (Å²) in [4.78, 5) is 11.8. The molecule has 0 spiro atoms. The molecule has 1 heterocycles. The van der Waals surface area contributed by atoms with Crippen LogP contribution in [0.15, 0.2) is 54.7 Å². The van der Waals surface area contributed by atoms with Gasteiger partial charge < -0.3 is 5.21 Å². The zero-order valence-corrected chi connectivity index (χ0v) is 9.98. The molecule has 0 radical (unpaired) electrons.